The topological polar surface area (TPSA) is 43.6 Å². The van der Waals surface area contributed by atoms with Crippen LogP contribution >= 0.6 is 11.3 Å². The highest BCUT2D eigenvalue weighted by molar-refractivity contribution is 7.13. The van der Waals surface area contributed by atoms with E-state index in [1.807, 2.05) is 10.7 Å². The molecule has 84 valence electrons. The van der Waals surface area contributed by atoms with Crippen molar-refractivity contribution in [1.29, 1.82) is 0 Å². The van der Waals surface area contributed by atoms with E-state index < -0.39 is 0 Å². The zero-order valence-electron chi connectivity index (χ0n) is 9.04. The molecular weight excluding hydrogens is 220 g/mol. The average Bonchev–Trinajstić information content (AvgIpc) is 3.01. The van der Waals surface area contributed by atoms with Gasteiger partial charge in [-0.05, 0) is 34.7 Å². The highest BCUT2D eigenvalue weighted by Gasteiger charge is 2.20. The Hall–Kier alpha value is -1.23. The molecule has 2 aromatic heterocycles. The summed E-state index contributed by atoms with van der Waals surface area (Å²) in [6.45, 7) is 0. The first-order valence-corrected chi connectivity index (χ1v) is 6.65. The van der Waals surface area contributed by atoms with Gasteiger partial charge in [-0.15, -0.1) is 16.4 Å². The molecule has 0 bridgehead atoms. The summed E-state index contributed by atoms with van der Waals surface area (Å²) < 4.78 is 2.02. The molecule has 1 saturated carbocycles. The van der Waals surface area contributed by atoms with Crippen LogP contribution in [-0.2, 0) is 0 Å². The Labute approximate surface area is 98.3 Å². The average molecular weight is 234 g/mol. The van der Waals surface area contributed by atoms with Crippen molar-refractivity contribution >= 4 is 11.3 Å². The van der Waals surface area contributed by atoms with Crippen molar-refractivity contribution in [2.45, 2.75) is 38.1 Å². The number of aromatic nitrogens is 4. The van der Waals surface area contributed by atoms with E-state index in [1.54, 1.807) is 11.3 Å². The number of tetrazole rings is 1. The van der Waals surface area contributed by atoms with Crippen molar-refractivity contribution in [3.63, 3.8) is 0 Å². The molecule has 2 aromatic rings. The van der Waals surface area contributed by atoms with Gasteiger partial charge in [0, 0.05) is 0 Å². The van der Waals surface area contributed by atoms with E-state index in [-0.39, 0.29) is 0 Å². The fraction of sp³-hybridized carbons (Fsp3) is 0.545. The zero-order chi connectivity index (χ0) is 10.8. The molecule has 0 spiro atoms. The van der Waals surface area contributed by atoms with E-state index in [9.17, 15) is 0 Å². The lowest BCUT2D eigenvalue weighted by Crippen LogP contribution is -2.15. The summed E-state index contributed by atoms with van der Waals surface area (Å²) in [5.74, 6) is 0.932. The molecule has 3 rings (SSSR count). The molecule has 1 aliphatic rings. The molecular formula is C11H14N4S. The normalized spacial score (nSPS) is 17.8. The molecule has 0 aromatic carbocycles. The third-order valence-electron chi connectivity index (χ3n) is 3.15. The van der Waals surface area contributed by atoms with Crippen LogP contribution in [0, 0.1) is 0 Å². The standard InChI is InChI=1S/C11H14N4S/c1-2-5-9(6-3-1)15-11(12-13-14-15)10-7-4-8-16-10/h4,7-9H,1-3,5-6H2. The fourth-order valence-electron chi connectivity index (χ4n) is 2.33. The Balaban J connectivity index is 1.92. The highest BCUT2D eigenvalue weighted by atomic mass is 32.1. The van der Waals surface area contributed by atoms with Crippen molar-refractivity contribution in [3.05, 3.63) is 17.5 Å². The van der Waals surface area contributed by atoms with Crippen molar-refractivity contribution in [2.75, 3.05) is 0 Å². The molecule has 16 heavy (non-hydrogen) atoms. The summed E-state index contributed by atoms with van der Waals surface area (Å²) >= 11 is 1.70. The minimum atomic E-state index is 0.501. The lowest BCUT2D eigenvalue weighted by molar-refractivity contribution is 0.327. The molecule has 4 nitrogen and oxygen atoms in total. The van der Waals surface area contributed by atoms with Crippen LogP contribution in [0.15, 0.2) is 17.5 Å². The third-order valence-corrected chi connectivity index (χ3v) is 4.02. The molecule has 0 aliphatic heterocycles. The Kier molecular flexibility index (Phi) is 2.70. The van der Waals surface area contributed by atoms with Gasteiger partial charge in [0.25, 0.3) is 0 Å². The number of nitrogens with zero attached hydrogens (tertiary/aromatic N) is 4. The van der Waals surface area contributed by atoms with E-state index in [2.05, 4.69) is 27.0 Å². The fourth-order valence-corrected chi connectivity index (χ4v) is 3.03. The predicted octanol–water partition coefficient (Wildman–Crippen LogP) is 2.91. The van der Waals surface area contributed by atoms with Gasteiger partial charge in [-0.2, -0.15) is 0 Å². The Bertz CT molecular complexity index is 442. The van der Waals surface area contributed by atoms with Gasteiger partial charge in [0.2, 0.25) is 0 Å². The predicted molar refractivity (Wildman–Crippen MR) is 63.3 cm³/mol. The zero-order valence-corrected chi connectivity index (χ0v) is 9.86. The van der Waals surface area contributed by atoms with E-state index in [0.717, 1.165) is 10.7 Å². The number of rotatable bonds is 2. The van der Waals surface area contributed by atoms with E-state index >= 15 is 0 Å². The maximum Gasteiger partial charge on any atom is 0.192 e. The van der Waals surface area contributed by atoms with Crippen LogP contribution < -0.4 is 0 Å². The number of hydrogen-bond donors (Lipinski definition) is 0. The minimum absolute atomic E-state index is 0.501. The minimum Gasteiger partial charge on any atom is -0.222 e. The van der Waals surface area contributed by atoms with Crippen molar-refractivity contribution in [3.8, 4) is 10.7 Å². The summed E-state index contributed by atoms with van der Waals surface area (Å²) in [6, 6.07) is 4.62. The molecule has 5 heteroatoms. The molecule has 0 amide bonds. The van der Waals surface area contributed by atoms with Gasteiger partial charge in [0.05, 0.1) is 10.9 Å². The quantitative estimate of drug-likeness (QED) is 0.802. The molecule has 0 saturated heterocycles. The molecule has 1 fully saturated rings. The first-order valence-electron chi connectivity index (χ1n) is 5.77. The maximum atomic E-state index is 4.16. The van der Waals surface area contributed by atoms with Gasteiger partial charge in [0.1, 0.15) is 0 Å². The van der Waals surface area contributed by atoms with E-state index in [0.29, 0.717) is 6.04 Å². The lowest BCUT2D eigenvalue weighted by Gasteiger charge is -2.21. The Morgan fingerprint density at radius 1 is 1.25 bits per heavy atom. The van der Waals surface area contributed by atoms with Gasteiger partial charge in [-0.3, -0.25) is 0 Å². The Morgan fingerprint density at radius 2 is 2.12 bits per heavy atom. The summed E-state index contributed by atoms with van der Waals surface area (Å²) in [5.41, 5.74) is 0. The van der Waals surface area contributed by atoms with Gasteiger partial charge in [-0.25, -0.2) is 4.68 Å². The summed E-state index contributed by atoms with van der Waals surface area (Å²) in [7, 11) is 0. The van der Waals surface area contributed by atoms with Crippen LogP contribution in [0.1, 0.15) is 38.1 Å². The third kappa shape index (κ3) is 1.75. The number of hydrogen-bond acceptors (Lipinski definition) is 4. The van der Waals surface area contributed by atoms with Gasteiger partial charge in [0.15, 0.2) is 5.82 Å². The van der Waals surface area contributed by atoms with Crippen LogP contribution in [0.5, 0.6) is 0 Å². The largest absolute Gasteiger partial charge is 0.222 e. The first-order chi connectivity index (χ1) is 7.95. The number of thiophene rings is 1. The van der Waals surface area contributed by atoms with E-state index in [4.69, 9.17) is 0 Å². The molecule has 1 aliphatic carbocycles. The van der Waals surface area contributed by atoms with Crippen LogP contribution in [0.2, 0.25) is 0 Å². The summed E-state index contributed by atoms with van der Waals surface area (Å²) in [4.78, 5) is 1.16. The molecule has 0 atom stereocenters. The van der Waals surface area contributed by atoms with Gasteiger partial charge >= 0.3 is 0 Å². The molecule has 0 radical (unpaired) electrons. The van der Waals surface area contributed by atoms with Crippen LogP contribution in [0.4, 0.5) is 0 Å². The van der Waals surface area contributed by atoms with Crippen LogP contribution in [0.25, 0.3) is 10.7 Å². The second kappa shape index (κ2) is 4.33. The lowest BCUT2D eigenvalue weighted by atomic mass is 9.95. The van der Waals surface area contributed by atoms with Crippen molar-refractivity contribution < 1.29 is 0 Å². The second-order valence-electron chi connectivity index (χ2n) is 4.22. The van der Waals surface area contributed by atoms with Crippen molar-refractivity contribution in [1.82, 2.24) is 20.2 Å². The smallest absolute Gasteiger partial charge is 0.192 e. The van der Waals surface area contributed by atoms with Crippen LogP contribution in [0.3, 0.4) is 0 Å². The first kappa shape index (κ1) is 9.96. The summed E-state index contributed by atoms with van der Waals surface area (Å²) in [6.07, 6.45) is 6.38. The van der Waals surface area contributed by atoms with E-state index in [1.165, 1.54) is 32.1 Å². The molecule has 0 N–H and O–H groups in total. The van der Waals surface area contributed by atoms with Gasteiger partial charge < -0.3 is 0 Å². The summed E-state index contributed by atoms with van der Waals surface area (Å²) in [5, 5.41) is 14.2. The van der Waals surface area contributed by atoms with Crippen molar-refractivity contribution in [2.24, 2.45) is 0 Å². The second-order valence-corrected chi connectivity index (χ2v) is 5.16. The highest BCUT2D eigenvalue weighted by Crippen LogP contribution is 2.31. The SMILES string of the molecule is c1csc(-c2nnnn2C2CCCCC2)c1. The molecule has 0 unspecified atom stereocenters. The molecule has 2 heterocycles. The Morgan fingerprint density at radius 3 is 2.88 bits per heavy atom. The van der Waals surface area contributed by atoms with Crippen LogP contribution in [-0.4, -0.2) is 20.2 Å². The van der Waals surface area contributed by atoms with Gasteiger partial charge in [-0.1, -0.05) is 25.3 Å². The maximum absolute atomic E-state index is 4.16. The monoisotopic (exact) mass is 234 g/mol.